The topological polar surface area (TPSA) is 151 Å². The molecule has 0 fully saturated rings. The third-order valence-electron chi connectivity index (χ3n) is 5.69. The van der Waals surface area contributed by atoms with Crippen LogP contribution < -0.4 is 15.2 Å². The molecule has 1 rings (SSSR count). The van der Waals surface area contributed by atoms with Crippen molar-refractivity contribution in [2.24, 2.45) is 23.5 Å². The first-order chi connectivity index (χ1) is 17.7. The van der Waals surface area contributed by atoms with Crippen molar-refractivity contribution in [3.05, 3.63) is 23.8 Å². The first-order valence-corrected chi connectivity index (χ1v) is 13.1. The maximum Gasteiger partial charge on any atom is 0.508 e. The van der Waals surface area contributed by atoms with Crippen molar-refractivity contribution in [1.82, 2.24) is 0 Å². The quantitative estimate of drug-likeness (QED) is 0.229. The van der Waals surface area contributed by atoms with E-state index in [-0.39, 0.29) is 48.9 Å². The number of ether oxygens (including phenoxy) is 4. The molecular weight excluding hydrogens is 494 g/mol. The van der Waals surface area contributed by atoms with Gasteiger partial charge in [-0.3, -0.25) is 14.4 Å². The van der Waals surface area contributed by atoms with Gasteiger partial charge in [-0.05, 0) is 48.8 Å². The van der Waals surface area contributed by atoms with Crippen LogP contribution >= 0.6 is 0 Å². The molecule has 0 aliphatic rings. The van der Waals surface area contributed by atoms with E-state index in [0.717, 1.165) is 6.42 Å². The number of carboxylic acids is 1. The fourth-order valence-electron chi connectivity index (χ4n) is 3.90. The van der Waals surface area contributed by atoms with Gasteiger partial charge in [0.2, 0.25) is 0 Å². The van der Waals surface area contributed by atoms with E-state index in [1.54, 1.807) is 19.9 Å². The van der Waals surface area contributed by atoms with Gasteiger partial charge >= 0.3 is 24.1 Å². The molecule has 38 heavy (non-hydrogen) atoms. The summed E-state index contributed by atoms with van der Waals surface area (Å²) < 4.78 is 21.4. The maximum atomic E-state index is 12.5. The molecule has 0 aliphatic heterocycles. The number of esters is 2. The molecule has 214 valence electrons. The van der Waals surface area contributed by atoms with Crippen LogP contribution in [0.5, 0.6) is 11.5 Å². The van der Waals surface area contributed by atoms with Crippen LogP contribution in [0, 0.1) is 17.8 Å². The molecule has 10 nitrogen and oxygen atoms in total. The van der Waals surface area contributed by atoms with E-state index in [0.29, 0.717) is 12.0 Å². The highest BCUT2D eigenvalue weighted by Gasteiger charge is 2.33. The van der Waals surface area contributed by atoms with Crippen molar-refractivity contribution in [3.63, 3.8) is 0 Å². The van der Waals surface area contributed by atoms with E-state index in [1.165, 1.54) is 12.1 Å². The van der Waals surface area contributed by atoms with Gasteiger partial charge in [0.25, 0.3) is 0 Å². The molecule has 4 atom stereocenters. The molecule has 1 aromatic carbocycles. The van der Waals surface area contributed by atoms with Crippen molar-refractivity contribution in [3.8, 4) is 11.5 Å². The van der Waals surface area contributed by atoms with Crippen LogP contribution in [-0.4, -0.2) is 47.9 Å². The first kappa shape index (κ1) is 32.9. The second kappa shape index (κ2) is 16.0. The standard InChI is InChI=1S/C28H43NO9/c1-8-9-19(7)36-28(34)35-15-18(6)25(26(29)27(32)33)20-10-11-21(37-23(30)12-16(2)3)22(14-20)38-24(31)13-17(4)5/h10-11,14,16-19,25-26H,8-9,12-13,15,29H2,1-7H3,(H,32,33)/t18?,19?,25?,26-/m0/s1. The van der Waals surface area contributed by atoms with Crippen LogP contribution in [0.1, 0.15) is 85.6 Å². The summed E-state index contributed by atoms with van der Waals surface area (Å²) in [7, 11) is 0. The zero-order chi connectivity index (χ0) is 29.0. The molecule has 0 bridgehead atoms. The Kier molecular flexibility index (Phi) is 13.8. The summed E-state index contributed by atoms with van der Waals surface area (Å²) in [5, 5.41) is 9.68. The molecule has 3 N–H and O–H groups in total. The van der Waals surface area contributed by atoms with E-state index >= 15 is 0 Å². The molecular formula is C28H43NO9. The Morgan fingerprint density at radius 3 is 1.95 bits per heavy atom. The Labute approximate surface area is 225 Å². The highest BCUT2D eigenvalue weighted by Crippen LogP contribution is 2.36. The molecule has 0 saturated heterocycles. The van der Waals surface area contributed by atoms with Gasteiger partial charge in [-0.2, -0.15) is 0 Å². The third kappa shape index (κ3) is 11.5. The fourth-order valence-corrected chi connectivity index (χ4v) is 3.90. The molecule has 0 amide bonds. The number of carbonyl (C=O) groups is 4. The minimum atomic E-state index is -1.36. The monoisotopic (exact) mass is 537 g/mol. The molecule has 0 aromatic heterocycles. The lowest BCUT2D eigenvalue weighted by Gasteiger charge is -2.28. The summed E-state index contributed by atoms with van der Waals surface area (Å²) in [4.78, 5) is 48.7. The predicted molar refractivity (Wildman–Crippen MR) is 141 cm³/mol. The average molecular weight is 538 g/mol. The average Bonchev–Trinajstić information content (AvgIpc) is 2.78. The second-order valence-electron chi connectivity index (χ2n) is 10.5. The molecule has 1 aromatic rings. The number of nitrogens with two attached hydrogens (primary N) is 1. The summed E-state index contributed by atoms with van der Waals surface area (Å²) in [6, 6.07) is 3.09. The van der Waals surface area contributed by atoms with E-state index < -0.39 is 41.9 Å². The minimum absolute atomic E-state index is 0.0197. The summed E-state index contributed by atoms with van der Waals surface area (Å²) >= 11 is 0. The second-order valence-corrected chi connectivity index (χ2v) is 10.5. The number of carbonyl (C=O) groups excluding carboxylic acids is 3. The van der Waals surface area contributed by atoms with E-state index in [4.69, 9.17) is 24.7 Å². The molecule has 0 radical (unpaired) electrons. The van der Waals surface area contributed by atoms with Crippen LogP contribution in [0.25, 0.3) is 0 Å². The van der Waals surface area contributed by atoms with Gasteiger partial charge in [-0.25, -0.2) is 4.79 Å². The fraction of sp³-hybridized carbons (Fsp3) is 0.643. The van der Waals surface area contributed by atoms with Crippen LogP contribution in [0.3, 0.4) is 0 Å². The van der Waals surface area contributed by atoms with Crippen molar-refractivity contribution in [1.29, 1.82) is 0 Å². The first-order valence-electron chi connectivity index (χ1n) is 13.1. The summed E-state index contributed by atoms with van der Waals surface area (Å²) in [6.07, 6.45) is 0.654. The number of hydrogen-bond donors (Lipinski definition) is 2. The zero-order valence-corrected chi connectivity index (χ0v) is 23.5. The molecule has 10 heteroatoms. The lowest BCUT2D eigenvalue weighted by Crippen LogP contribution is -2.40. The highest BCUT2D eigenvalue weighted by molar-refractivity contribution is 5.77. The SMILES string of the molecule is CCCC(C)OC(=O)OCC(C)C(c1ccc(OC(=O)CC(C)C)c(OC(=O)CC(C)C)c1)[C@H](N)C(=O)O. The van der Waals surface area contributed by atoms with Crippen molar-refractivity contribution in [2.75, 3.05) is 6.61 Å². The van der Waals surface area contributed by atoms with Gasteiger partial charge < -0.3 is 29.8 Å². The van der Waals surface area contributed by atoms with Crippen LogP contribution in [0.4, 0.5) is 4.79 Å². The molecule has 3 unspecified atom stereocenters. The normalized spacial score (nSPS) is 14.4. The van der Waals surface area contributed by atoms with Gasteiger partial charge in [0, 0.05) is 18.8 Å². The van der Waals surface area contributed by atoms with Gasteiger partial charge in [-0.15, -0.1) is 0 Å². The number of aliphatic carboxylic acids is 1. The van der Waals surface area contributed by atoms with E-state index in [2.05, 4.69) is 0 Å². The Hall–Kier alpha value is -3.14. The summed E-state index contributed by atoms with van der Waals surface area (Å²) in [5.41, 5.74) is 6.46. The number of hydrogen-bond acceptors (Lipinski definition) is 9. The smallest absolute Gasteiger partial charge is 0.480 e. The minimum Gasteiger partial charge on any atom is -0.480 e. The Bertz CT molecular complexity index is 944. The zero-order valence-electron chi connectivity index (χ0n) is 23.5. The molecule has 0 heterocycles. The number of carboxylic acid groups (broad SMARTS) is 1. The van der Waals surface area contributed by atoms with E-state index in [9.17, 15) is 24.3 Å². The third-order valence-corrected chi connectivity index (χ3v) is 5.69. The van der Waals surface area contributed by atoms with Gasteiger partial charge in [0.15, 0.2) is 11.5 Å². The van der Waals surface area contributed by atoms with Crippen molar-refractivity contribution in [2.45, 2.75) is 92.2 Å². The Morgan fingerprint density at radius 2 is 1.45 bits per heavy atom. The van der Waals surface area contributed by atoms with Crippen LogP contribution in [-0.2, 0) is 23.9 Å². The Balaban J connectivity index is 3.29. The van der Waals surface area contributed by atoms with Crippen molar-refractivity contribution < 1.29 is 43.2 Å². The summed E-state index contributed by atoms with van der Waals surface area (Å²) in [6.45, 7) is 12.7. The number of rotatable bonds is 15. The lowest BCUT2D eigenvalue weighted by atomic mass is 9.82. The predicted octanol–water partition coefficient (Wildman–Crippen LogP) is 5.06. The maximum absolute atomic E-state index is 12.5. The van der Waals surface area contributed by atoms with Gasteiger partial charge in [0.1, 0.15) is 12.1 Å². The van der Waals surface area contributed by atoms with Crippen LogP contribution in [0.2, 0.25) is 0 Å². The Morgan fingerprint density at radius 1 is 0.895 bits per heavy atom. The van der Waals surface area contributed by atoms with Crippen molar-refractivity contribution >= 4 is 24.1 Å². The molecule has 0 saturated carbocycles. The van der Waals surface area contributed by atoms with Crippen LogP contribution in [0.15, 0.2) is 18.2 Å². The summed E-state index contributed by atoms with van der Waals surface area (Å²) in [5.74, 6) is -3.56. The molecule has 0 aliphatic carbocycles. The van der Waals surface area contributed by atoms with E-state index in [1.807, 2.05) is 34.6 Å². The lowest BCUT2D eigenvalue weighted by molar-refractivity contribution is -0.139. The molecule has 0 spiro atoms. The number of benzene rings is 1. The highest BCUT2D eigenvalue weighted by atomic mass is 16.7. The largest absolute Gasteiger partial charge is 0.508 e. The van der Waals surface area contributed by atoms with Gasteiger partial charge in [-0.1, -0.05) is 54.0 Å². The van der Waals surface area contributed by atoms with Gasteiger partial charge in [0.05, 0.1) is 6.61 Å².